The van der Waals surface area contributed by atoms with Crippen LogP contribution in [-0.2, 0) is 4.79 Å². The summed E-state index contributed by atoms with van der Waals surface area (Å²) in [6.45, 7) is 0. The molecule has 0 fully saturated rings. The van der Waals surface area contributed by atoms with E-state index in [4.69, 9.17) is 11.6 Å². The van der Waals surface area contributed by atoms with Crippen LogP contribution >= 0.6 is 23.4 Å². The maximum Gasteiger partial charge on any atom is 0.226 e. The molecular formula is C19H16ClN3OS. The molecular weight excluding hydrogens is 354 g/mol. The highest BCUT2D eigenvalue weighted by Crippen LogP contribution is 2.38. The van der Waals surface area contributed by atoms with Gasteiger partial charge in [-0.1, -0.05) is 23.7 Å². The van der Waals surface area contributed by atoms with Gasteiger partial charge in [0.15, 0.2) is 0 Å². The Morgan fingerprint density at radius 3 is 2.56 bits per heavy atom. The van der Waals surface area contributed by atoms with Crippen LogP contribution in [0.25, 0.3) is 5.69 Å². The van der Waals surface area contributed by atoms with Crippen molar-refractivity contribution < 1.29 is 4.79 Å². The average molecular weight is 370 g/mol. The van der Waals surface area contributed by atoms with Crippen molar-refractivity contribution in [2.24, 2.45) is 0 Å². The number of thioether (sulfide) groups is 1. The summed E-state index contributed by atoms with van der Waals surface area (Å²) in [5, 5.41) is 8.13. The van der Waals surface area contributed by atoms with Crippen LogP contribution in [-0.4, -0.2) is 21.9 Å². The molecule has 0 spiro atoms. The maximum absolute atomic E-state index is 12.3. The summed E-state index contributed by atoms with van der Waals surface area (Å²) >= 11 is 7.67. The number of nitrogens with one attached hydrogen (secondary N) is 1. The quantitative estimate of drug-likeness (QED) is 0.679. The third-order valence-corrected chi connectivity index (χ3v) is 5.41. The Morgan fingerprint density at radius 1 is 1.16 bits per heavy atom. The number of carbonyl (C=O) groups is 1. The number of rotatable bonds is 3. The lowest BCUT2D eigenvalue weighted by Gasteiger charge is -2.24. The Morgan fingerprint density at radius 2 is 1.88 bits per heavy atom. The van der Waals surface area contributed by atoms with E-state index in [9.17, 15) is 4.79 Å². The van der Waals surface area contributed by atoms with Gasteiger partial charge in [0.25, 0.3) is 0 Å². The van der Waals surface area contributed by atoms with Crippen LogP contribution < -0.4 is 5.32 Å². The molecule has 1 aromatic heterocycles. The molecule has 6 heteroatoms. The largest absolute Gasteiger partial charge is 0.310 e. The van der Waals surface area contributed by atoms with Gasteiger partial charge >= 0.3 is 0 Å². The predicted octanol–water partition coefficient (Wildman–Crippen LogP) is 4.72. The first-order valence-corrected chi connectivity index (χ1v) is 9.53. The maximum atomic E-state index is 12.3. The van der Waals surface area contributed by atoms with E-state index in [-0.39, 0.29) is 11.8 Å². The number of hydrogen-bond donors (Lipinski definition) is 1. The summed E-state index contributed by atoms with van der Waals surface area (Å²) in [5.41, 5.74) is 3.03. The van der Waals surface area contributed by atoms with Crippen LogP contribution in [0, 0.1) is 0 Å². The van der Waals surface area contributed by atoms with Crippen molar-refractivity contribution in [1.29, 1.82) is 0 Å². The molecule has 1 atom stereocenters. The SMILES string of the molecule is CSc1ccc([C@H]2CC(=O)Nc3c2cnn3-c2ccc(Cl)cc2)cc1. The summed E-state index contributed by atoms with van der Waals surface area (Å²) in [6.07, 6.45) is 4.33. The van der Waals surface area contributed by atoms with E-state index in [2.05, 4.69) is 40.9 Å². The van der Waals surface area contributed by atoms with Crippen LogP contribution in [0.15, 0.2) is 59.6 Å². The molecule has 2 heterocycles. The zero-order valence-electron chi connectivity index (χ0n) is 13.6. The van der Waals surface area contributed by atoms with E-state index in [0.717, 1.165) is 22.6 Å². The fourth-order valence-electron chi connectivity index (χ4n) is 3.13. The molecule has 1 amide bonds. The van der Waals surface area contributed by atoms with E-state index in [0.29, 0.717) is 11.4 Å². The molecule has 0 saturated carbocycles. The normalized spacial score (nSPS) is 16.4. The van der Waals surface area contributed by atoms with E-state index >= 15 is 0 Å². The van der Waals surface area contributed by atoms with Gasteiger partial charge in [0, 0.05) is 27.8 Å². The molecule has 0 radical (unpaired) electrons. The molecule has 126 valence electrons. The van der Waals surface area contributed by atoms with E-state index in [1.54, 1.807) is 16.4 Å². The van der Waals surface area contributed by atoms with Gasteiger partial charge < -0.3 is 5.32 Å². The van der Waals surface area contributed by atoms with Gasteiger partial charge in [0.2, 0.25) is 5.91 Å². The fraction of sp³-hybridized carbons (Fsp3) is 0.158. The Kier molecular flexibility index (Phi) is 4.27. The fourth-order valence-corrected chi connectivity index (χ4v) is 3.67. The van der Waals surface area contributed by atoms with Crippen molar-refractivity contribution in [2.45, 2.75) is 17.2 Å². The van der Waals surface area contributed by atoms with Gasteiger partial charge in [-0.25, -0.2) is 4.68 Å². The minimum Gasteiger partial charge on any atom is -0.310 e. The molecule has 3 aromatic rings. The lowest BCUT2D eigenvalue weighted by molar-refractivity contribution is -0.116. The standard InChI is InChI=1S/C19H16ClN3OS/c1-25-15-8-2-12(3-9-15)16-10-18(24)22-19-17(16)11-21-23(19)14-6-4-13(20)5-7-14/h2-9,11,16H,10H2,1H3,(H,22,24)/t16-/m1/s1. The van der Waals surface area contributed by atoms with Gasteiger partial charge in [-0.15, -0.1) is 11.8 Å². The first kappa shape index (κ1) is 16.2. The highest BCUT2D eigenvalue weighted by Gasteiger charge is 2.30. The molecule has 0 bridgehead atoms. The smallest absolute Gasteiger partial charge is 0.226 e. The summed E-state index contributed by atoms with van der Waals surface area (Å²) in [4.78, 5) is 13.5. The monoisotopic (exact) mass is 369 g/mol. The molecule has 1 aliphatic rings. The summed E-state index contributed by atoms with van der Waals surface area (Å²) in [5.74, 6) is 0.750. The Labute approximate surface area is 155 Å². The lowest BCUT2D eigenvalue weighted by atomic mass is 9.87. The molecule has 4 rings (SSSR count). The van der Waals surface area contributed by atoms with Gasteiger partial charge in [0.05, 0.1) is 11.9 Å². The number of nitrogens with zero attached hydrogens (tertiary/aromatic N) is 2. The third kappa shape index (κ3) is 3.05. The predicted molar refractivity (Wildman–Crippen MR) is 102 cm³/mol. The van der Waals surface area contributed by atoms with Gasteiger partial charge in [-0.05, 0) is 48.2 Å². The number of hydrogen-bond acceptors (Lipinski definition) is 3. The second-order valence-electron chi connectivity index (χ2n) is 5.91. The van der Waals surface area contributed by atoms with Gasteiger partial charge in [-0.3, -0.25) is 4.79 Å². The van der Waals surface area contributed by atoms with Crippen molar-refractivity contribution in [3.05, 3.63) is 70.9 Å². The minimum absolute atomic E-state index is 0.00200. The number of aromatic nitrogens is 2. The molecule has 0 saturated heterocycles. The molecule has 4 nitrogen and oxygen atoms in total. The molecule has 1 aliphatic heterocycles. The Hall–Kier alpha value is -2.24. The second-order valence-corrected chi connectivity index (χ2v) is 7.23. The van der Waals surface area contributed by atoms with Crippen molar-refractivity contribution in [1.82, 2.24) is 9.78 Å². The summed E-state index contributed by atoms with van der Waals surface area (Å²) in [7, 11) is 0. The second kappa shape index (κ2) is 6.58. The number of carbonyl (C=O) groups excluding carboxylic acids is 1. The number of anilines is 1. The number of fused-ring (bicyclic) bond motifs is 1. The van der Waals surface area contributed by atoms with Crippen molar-refractivity contribution in [3.8, 4) is 5.69 Å². The average Bonchev–Trinajstić information content (AvgIpc) is 3.05. The van der Waals surface area contributed by atoms with Gasteiger partial charge in [0.1, 0.15) is 5.82 Å². The molecule has 0 unspecified atom stereocenters. The molecule has 0 aliphatic carbocycles. The minimum atomic E-state index is 0.00200. The first-order valence-electron chi connectivity index (χ1n) is 7.93. The Balaban J connectivity index is 1.76. The summed E-state index contributed by atoms with van der Waals surface area (Å²) < 4.78 is 1.76. The zero-order chi connectivity index (χ0) is 17.4. The van der Waals surface area contributed by atoms with Crippen molar-refractivity contribution >= 4 is 35.1 Å². The number of amides is 1. The molecule has 1 N–H and O–H groups in total. The van der Waals surface area contributed by atoms with Gasteiger partial charge in [-0.2, -0.15) is 5.10 Å². The van der Waals surface area contributed by atoms with E-state index in [1.165, 1.54) is 4.90 Å². The molecule has 25 heavy (non-hydrogen) atoms. The number of halogens is 1. The first-order chi connectivity index (χ1) is 12.2. The van der Waals surface area contributed by atoms with Crippen LogP contribution in [0.2, 0.25) is 5.02 Å². The van der Waals surface area contributed by atoms with Crippen LogP contribution in [0.3, 0.4) is 0 Å². The zero-order valence-corrected chi connectivity index (χ0v) is 15.1. The summed E-state index contributed by atoms with van der Waals surface area (Å²) in [6, 6.07) is 15.8. The molecule has 2 aromatic carbocycles. The van der Waals surface area contributed by atoms with Crippen LogP contribution in [0.5, 0.6) is 0 Å². The Bertz CT molecular complexity index is 919. The van der Waals surface area contributed by atoms with Crippen LogP contribution in [0.4, 0.5) is 5.82 Å². The number of benzene rings is 2. The van der Waals surface area contributed by atoms with E-state index in [1.807, 2.05) is 30.5 Å². The third-order valence-electron chi connectivity index (χ3n) is 4.41. The van der Waals surface area contributed by atoms with Crippen molar-refractivity contribution in [3.63, 3.8) is 0 Å². The van der Waals surface area contributed by atoms with Crippen LogP contribution in [0.1, 0.15) is 23.5 Å². The van der Waals surface area contributed by atoms with Crippen molar-refractivity contribution in [2.75, 3.05) is 11.6 Å². The van der Waals surface area contributed by atoms with E-state index < -0.39 is 0 Å². The highest BCUT2D eigenvalue weighted by molar-refractivity contribution is 7.98. The topological polar surface area (TPSA) is 46.9 Å². The highest BCUT2D eigenvalue weighted by atomic mass is 35.5. The lowest BCUT2D eigenvalue weighted by Crippen LogP contribution is -2.24.